The predicted molar refractivity (Wildman–Crippen MR) is 85.3 cm³/mol. The van der Waals surface area contributed by atoms with Crippen molar-refractivity contribution in [3.63, 3.8) is 0 Å². The minimum absolute atomic E-state index is 0.0393. The molecule has 1 atom stereocenters. The average molecular weight is 290 g/mol. The van der Waals surface area contributed by atoms with Gasteiger partial charge in [0.2, 0.25) is 5.91 Å². The predicted octanol–water partition coefficient (Wildman–Crippen LogP) is 1.68. The van der Waals surface area contributed by atoms with E-state index in [0.29, 0.717) is 0 Å². The first-order valence-corrected chi connectivity index (χ1v) is 7.56. The van der Waals surface area contributed by atoms with Gasteiger partial charge in [-0.2, -0.15) is 0 Å². The molecule has 1 saturated heterocycles. The number of aromatic nitrogens is 1. The largest absolute Gasteiger partial charge is 0.354 e. The van der Waals surface area contributed by atoms with Crippen molar-refractivity contribution in [3.8, 4) is 0 Å². The first-order valence-electron chi connectivity index (χ1n) is 7.56. The van der Waals surface area contributed by atoms with Gasteiger partial charge in [0, 0.05) is 49.9 Å². The van der Waals surface area contributed by atoms with Crippen molar-refractivity contribution < 1.29 is 4.79 Å². The second-order valence-corrected chi connectivity index (χ2v) is 6.72. The summed E-state index contributed by atoms with van der Waals surface area (Å²) in [6.07, 6.45) is 2.81. The monoisotopic (exact) mass is 290 g/mol. The third-order valence-electron chi connectivity index (χ3n) is 3.57. The lowest BCUT2D eigenvalue weighted by atomic mass is 10.1. The Morgan fingerprint density at radius 1 is 1.48 bits per heavy atom. The fourth-order valence-electron chi connectivity index (χ4n) is 2.57. The van der Waals surface area contributed by atoms with Crippen LogP contribution in [-0.4, -0.2) is 35.6 Å². The van der Waals surface area contributed by atoms with Crippen LogP contribution in [0.2, 0.25) is 0 Å². The highest BCUT2D eigenvalue weighted by atomic mass is 16.1. The molecule has 2 rings (SSSR count). The van der Waals surface area contributed by atoms with Crippen molar-refractivity contribution in [2.24, 2.45) is 0 Å². The van der Waals surface area contributed by atoms with Gasteiger partial charge in [-0.25, -0.2) is 4.98 Å². The second-order valence-electron chi connectivity index (χ2n) is 6.72. The van der Waals surface area contributed by atoms with E-state index in [2.05, 4.69) is 47.4 Å². The van der Waals surface area contributed by atoms with E-state index in [4.69, 9.17) is 0 Å². The van der Waals surface area contributed by atoms with Crippen molar-refractivity contribution >= 4 is 11.7 Å². The van der Waals surface area contributed by atoms with E-state index in [1.807, 2.05) is 12.3 Å². The maximum Gasteiger partial charge on any atom is 0.217 e. The molecule has 1 fully saturated rings. The SMILES string of the molecule is CC(=O)NC1CCN(c2ncccc2CNC(C)(C)C)C1. The van der Waals surface area contributed by atoms with Gasteiger partial charge in [-0.3, -0.25) is 4.79 Å². The number of nitrogens with one attached hydrogen (secondary N) is 2. The number of hydrogen-bond donors (Lipinski definition) is 2. The number of amides is 1. The van der Waals surface area contributed by atoms with Crippen molar-refractivity contribution in [2.45, 2.75) is 52.2 Å². The summed E-state index contributed by atoms with van der Waals surface area (Å²) in [6, 6.07) is 4.32. The summed E-state index contributed by atoms with van der Waals surface area (Å²) < 4.78 is 0. The molecule has 0 aliphatic carbocycles. The molecule has 2 heterocycles. The molecule has 0 radical (unpaired) electrons. The van der Waals surface area contributed by atoms with E-state index >= 15 is 0 Å². The van der Waals surface area contributed by atoms with Crippen LogP contribution >= 0.6 is 0 Å². The number of carbonyl (C=O) groups is 1. The molecule has 5 nitrogen and oxygen atoms in total. The molecule has 1 aromatic heterocycles. The van der Waals surface area contributed by atoms with Gasteiger partial charge in [0.25, 0.3) is 0 Å². The van der Waals surface area contributed by atoms with E-state index in [9.17, 15) is 4.79 Å². The molecule has 116 valence electrons. The van der Waals surface area contributed by atoms with Gasteiger partial charge in [-0.1, -0.05) is 6.07 Å². The maximum absolute atomic E-state index is 11.2. The number of hydrogen-bond acceptors (Lipinski definition) is 4. The fourth-order valence-corrected chi connectivity index (χ4v) is 2.57. The molecule has 0 bridgehead atoms. The number of rotatable bonds is 4. The number of carbonyl (C=O) groups excluding carboxylic acids is 1. The van der Waals surface area contributed by atoms with Gasteiger partial charge in [0.15, 0.2) is 0 Å². The van der Waals surface area contributed by atoms with Crippen molar-refractivity contribution in [1.82, 2.24) is 15.6 Å². The number of nitrogens with zero attached hydrogens (tertiary/aromatic N) is 2. The van der Waals surface area contributed by atoms with E-state index in [0.717, 1.165) is 31.9 Å². The van der Waals surface area contributed by atoms with Crippen LogP contribution in [0.1, 0.15) is 39.7 Å². The molecule has 2 N–H and O–H groups in total. The molecular formula is C16H26N4O. The van der Waals surface area contributed by atoms with Crippen LogP contribution in [0.25, 0.3) is 0 Å². The van der Waals surface area contributed by atoms with Crippen molar-refractivity contribution in [2.75, 3.05) is 18.0 Å². The standard InChI is InChI=1S/C16H26N4O/c1-12(21)19-14-7-9-20(11-14)15-13(6-5-8-17-15)10-18-16(2,3)4/h5-6,8,14,18H,7,9-11H2,1-4H3,(H,19,21). The fraction of sp³-hybridized carbons (Fsp3) is 0.625. The average Bonchev–Trinajstić information content (AvgIpc) is 2.83. The molecule has 1 aliphatic rings. The van der Waals surface area contributed by atoms with E-state index in [1.165, 1.54) is 5.56 Å². The number of pyridine rings is 1. The Bertz CT molecular complexity index is 495. The summed E-state index contributed by atoms with van der Waals surface area (Å²) in [5.74, 6) is 1.07. The third-order valence-corrected chi connectivity index (χ3v) is 3.57. The Hall–Kier alpha value is -1.62. The zero-order valence-electron chi connectivity index (χ0n) is 13.4. The summed E-state index contributed by atoms with van der Waals surface area (Å²) in [5.41, 5.74) is 1.28. The Labute approximate surface area is 127 Å². The molecule has 5 heteroatoms. The van der Waals surface area contributed by atoms with Crippen LogP contribution < -0.4 is 15.5 Å². The topological polar surface area (TPSA) is 57.3 Å². The Balaban J connectivity index is 2.05. The normalized spacial score (nSPS) is 18.9. The van der Waals surface area contributed by atoms with Crippen molar-refractivity contribution in [1.29, 1.82) is 0 Å². The molecule has 1 unspecified atom stereocenters. The van der Waals surface area contributed by atoms with E-state index in [1.54, 1.807) is 6.92 Å². The Morgan fingerprint density at radius 2 is 2.24 bits per heavy atom. The third kappa shape index (κ3) is 4.70. The highest BCUT2D eigenvalue weighted by molar-refractivity contribution is 5.73. The second kappa shape index (κ2) is 6.43. The zero-order valence-corrected chi connectivity index (χ0v) is 13.4. The van der Waals surface area contributed by atoms with Crippen LogP contribution in [0.3, 0.4) is 0 Å². The molecule has 0 saturated carbocycles. The smallest absolute Gasteiger partial charge is 0.217 e. The van der Waals surface area contributed by atoms with Gasteiger partial charge in [-0.05, 0) is 33.3 Å². The Kier molecular flexibility index (Phi) is 4.83. The number of anilines is 1. The van der Waals surface area contributed by atoms with Gasteiger partial charge in [0.05, 0.1) is 0 Å². The maximum atomic E-state index is 11.2. The molecule has 21 heavy (non-hydrogen) atoms. The first kappa shape index (κ1) is 15.8. The Morgan fingerprint density at radius 3 is 2.90 bits per heavy atom. The molecule has 1 aromatic rings. The lowest BCUT2D eigenvalue weighted by Gasteiger charge is -2.24. The summed E-state index contributed by atoms with van der Waals surface area (Å²) in [4.78, 5) is 18.0. The molecule has 1 aliphatic heterocycles. The molecule has 1 amide bonds. The van der Waals surface area contributed by atoms with Crippen molar-refractivity contribution in [3.05, 3.63) is 23.9 Å². The summed E-state index contributed by atoms with van der Waals surface area (Å²) >= 11 is 0. The van der Waals surface area contributed by atoms with Gasteiger partial charge >= 0.3 is 0 Å². The molecular weight excluding hydrogens is 264 g/mol. The van der Waals surface area contributed by atoms with Crippen LogP contribution in [0.15, 0.2) is 18.3 Å². The molecule has 0 aromatic carbocycles. The van der Waals surface area contributed by atoms with Crippen LogP contribution in [0.5, 0.6) is 0 Å². The quantitative estimate of drug-likeness (QED) is 0.886. The summed E-state index contributed by atoms with van der Waals surface area (Å²) in [5, 5.41) is 6.50. The van der Waals surface area contributed by atoms with Crippen LogP contribution in [0.4, 0.5) is 5.82 Å². The highest BCUT2D eigenvalue weighted by Crippen LogP contribution is 2.22. The zero-order chi connectivity index (χ0) is 15.5. The van der Waals surface area contributed by atoms with Crippen LogP contribution in [-0.2, 0) is 11.3 Å². The summed E-state index contributed by atoms with van der Waals surface area (Å²) in [6.45, 7) is 10.6. The lowest BCUT2D eigenvalue weighted by molar-refractivity contribution is -0.119. The van der Waals surface area contributed by atoms with Gasteiger partial charge < -0.3 is 15.5 Å². The minimum atomic E-state index is 0.0393. The lowest BCUT2D eigenvalue weighted by Crippen LogP contribution is -2.37. The highest BCUT2D eigenvalue weighted by Gasteiger charge is 2.25. The van der Waals surface area contributed by atoms with E-state index < -0.39 is 0 Å². The molecule has 0 spiro atoms. The minimum Gasteiger partial charge on any atom is -0.354 e. The van der Waals surface area contributed by atoms with Gasteiger partial charge in [-0.15, -0.1) is 0 Å². The van der Waals surface area contributed by atoms with E-state index in [-0.39, 0.29) is 17.5 Å². The summed E-state index contributed by atoms with van der Waals surface area (Å²) in [7, 11) is 0. The first-order chi connectivity index (χ1) is 9.85. The van der Waals surface area contributed by atoms with Gasteiger partial charge in [0.1, 0.15) is 5.82 Å². The van der Waals surface area contributed by atoms with Crippen LogP contribution in [0, 0.1) is 0 Å².